The third-order valence-corrected chi connectivity index (χ3v) is 3.80. The maximum atomic E-state index is 11.3. The molecular weight excluding hydrogens is 338 g/mol. The van der Waals surface area contributed by atoms with Crippen molar-refractivity contribution in [3.05, 3.63) is 29.3 Å². The second-order valence-electron chi connectivity index (χ2n) is 5.74. The van der Waals surface area contributed by atoms with Crippen LogP contribution in [-0.2, 0) is 16.0 Å². The van der Waals surface area contributed by atoms with E-state index >= 15 is 0 Å². The fourth-order valence-electron chi connectivity index (χ4n) is 2.15. The quantitative estimate of drug-likeness (QED) is 0.579. The van der Waals surface area contributed by atoms with Gasteiger partial charge in [0.1, 0.15) is 11.6 Å². The largest absolute Gasteiger partial charge is 0.388 e. The predicted octanol–water partition coefficient (Wildman–Crippen LogP) is 6.13. The number of nitrogens with one attached hydrogen (secondary N) is 1. The van der Waals surface area contributed by atoms with Crippen LogP contribution in [0.3, 0.4) is 0 Å². The van der Waals surface area contributed by atoms with Crippen molar-refractivity contribution >= 4 is 23.0 Å². The summed E-state index contributed by atoms with van der Waals surface area (Å²) in [6.07, 6.45) is 2.11. The Hall–Kier alpha value is -1.97. The molecule has 1 rings (SSSR count). The highest BCUT2D eigenvalue weighted by Gasteiger charge is 2.08. The van der Waals surface area contributed by atoms with Gasteiger partial charge in [0.2, 0.25) is 0 Å². The van der Waals surface area contributed by atoms with Crippen LogP contribution in [0.15, 0.2) is 18.2 Å². The molecule has 0 bridgehead atoms. The monoisotopic (exact) mass is 379 g/mol. The average Bonchev–Trinajstić information content (AvgIpc) is 2.68. The molecule has 1 unspecified atom stereocenters. The molecule has 0 saturated carbocycles. The minimum atomic E-state index is 0.0453. The fraction of sp³-hybridized carbons (Fsp3) is 0.609. The Morgan fingerprint density at radius 3 is 1.85 bits per heavy atom. The van der Waals surface area contributed by atoms with Gasteiger partial charge in [0, 0.05) is 30.6 Å². The van der Waals surface area contributed by atoms with E-state index in [2.05, 4.69) is 12.2 Å². The van der Waals surface area contributed by atoms with Gasteiger partial charge >= 0.3 is 0 Å². The number of rotatable bonds is 7. The number of hydrogen-bond donors (Lipinski definition) is 1. The summed E-state index contributed by atoms with van der Waals surface area (Å²) in [4.78, 5) is 32.4. The van der Waals surface area contributed by atoms with Crippen LogP contribution in [0.2, 0.25) is 0 Å². The Bertz CT molecular complexity index is 551. The highest BCUT2D eigenvalue weighted by molar-refractivity contribution is 5.97. The lowest BCUT2D eigenvalue weighted by Gasteiger charge is -2.10. The van der Waals surface area contributed by atoms with Gasteiger partial charge in [0.15, 0.2) is 5.78 Å². The third kappa shape index (κ3) is 13.8. The molecule has 0 aliphatic heterocycles. The molecule has 0 saturated heterocycles. The first kappa shape index (κ1) is 29.8. The molecule has 0 aromatic heterocycles. The van der Waals surface area contributed by atoms with Crippen molar-refractivity contribution in [2.75, 3.05) is 12.4 Å². The second-order valence-corrected chi connectivity index (χ2v) is 5.74. The van der Waals surface area contributed by atoms with E-state index in [1.807, 2.05) is 59.9 Å². The van der Waals surface area contributed by atoms with E-state index in [9.17, 15) is 14.4 Å². The molecule has 0 fully saturated rings. The summed E-state index contributed by atoms with van der Waals surface area (Å²) in [6.45, 7) is 16.6. The van der Waals surface area contributed by atoms with Gasteiger partial charge in [0.05, 0.1) is 0 Å². The molecule has 1 aromatic carbocycles. The number of benzene rings is 1. The van der Waals surface area contributed by atoms with Gasteiger partial charge in [-0.2, -0.15) is 0 Å². The minimum absolute atomic E-state index is 0.0453. The number of hydrogen-bond acceptors (Lipinski definition) is 4. The van der Waals surface area contributed by atoms with Crippen LogP contribution in [0.5, 0.6) is 0 Å². The van der Waals surface area contributed by atoms with E-state index in [0.29, 0.717) is 12.8 Å². The molecule has 4 heteroatoms. The summed E-state index contributed by atoms with van der Waals surface area (Å²) in [6, 6.07) is 5.77. The van der Waals surface area contributed by atoms with Crippen molar-refractivity contribution in [2.24, 2.45) is 5.92 Å². The van der Waals surface area contributed by atoms with Crippen molar-refractivity contribution in [1.82, 2.24) is 0 Å². The fourth-order valence-corrected chi connectivity index (χ4v) is 2.15. The van der Waals surface area contributed by atoms with Crippen LogP contribution in [-0.4, -0.2) is 24.4 Å². The smallest absolute Gasteiger partial charge is 0.160 e. The number of carbonyl (C=O) groups is 3. The first-order valence-corrected chi connectivity index (χ1v) is 10.0. The molecule has 1 N–H and O–H groups in total. The standard InChI is InChI=1S/C11H15NO.C8H14O2.2C2H6/c1-4-9-10(8(2)13)6-5-7-11(9)12-3;1-6(8(3)10)4-5-7(2)9;2*1-2/h5-7,12H,4H2,1-3H3;6H,4-5H2,1-3H3;2*1-2H3. The first-order valence-electron chi connectivity index (χ1n) is 10.0. The lowest BCUT2D eigenvalue weighted by atomic mass is 10.0. The summed E-state index contributed by atoms with van der Waals surface area (Å²) in [5, 5.41) is 3.09. The molecule has 156 valence electrons. The molecule has 0 amide bonds. The lowest BCUT2D eigenvalue weighted by Crippen LogP contribution is -2.07. The second kappa shape index (κ2) is 18.8. The maximum absolute atomic E-state index is 11.3. The van der Waals surface area contributed by atoms with Crippen molar-refractivity contribution in [2.45, 2.75) is 81.6 Å². The van der Waals surface area contributed by atoms with Gasteiger partial charge in [-0.15, -0.1) is 0 Å². The van der Waals surface area contributed by atoms with Crippen LogP contribution in [0, 0.1) is 5.92 Å². The van der Waals surface area contributed by atoms with Gasteiger partial charge in [-0.05, 0) is 45.2 Å². The summed E-state index contributed by atoms with van der Waals surface area (Å²) in [7, 11) is 1.87. The Morgan fingerprint density at radius 1 is 1.00 bits per heavy atom. The maximum Gasteiger partial charge on any atom is 0.160 e. The molecule has 27 heavy (non-hydrogen) atoms. The number of ketones is 3. The zero-order valence-corrected chi connectivity index (χ0v) is 19.2. The van der Waals surface area contributed by atoms with E-state index in [-0.39, 0.29) is 23.3 Å². The van der Waals surface area contributed by atoms with E-state index in [4.69, 9.17) is 0 Å². The summed E-state index contributed by atoms with van der Waals surface area (Å²) < 4.78 is 0. The van der Waals surface area contributed by atoms with E-state index in [0.717, 1.165) is 23.2 Å². The van der Waals surface area contributed by atoms with E-state index in [1.165, 1.54) is 0 Å². The molecule has 1 aromatic rings. The van der Waals surface area contributed by atoms with Gasteiger partial charge in [0.25, 0.3) is 0 Å². The van der Waals surface area contributed by atoms with Crippen molar-refractivity contribution in [3.8, 4) is 0 Å². The zero-order chi connectivity index (χ0) is 22.0. The Kier molecular flexibility index (Phi) is 20.7. The third-order valence-electron chi connectivity index (χ3n) is 3.80. The van der Waals surface area contributed by atoms with Crippen LogP contribution in [0.25, 0.3) is 0 Å². The topological polar surface area (TPSA) is 63.2 Å². The SMILES string of the molecule is CC.CC.CC(=O)CCC(C)C(C)=O.CCc1c(NC)cccc1C(C)=O. The minimum Gasteiger partial charge on any atom is -0.388 e. The molecule has 0 spiro atoms. The van der Waals surface area contributed by atoms with Crippen LogP contribution >= 0.6 is 0 Å². The average molecular weight is 380 g/mol. The molecule has 0 heterocycles. The van der Waals surface area contributed by atoms with Crippen LogP contribution < -0.4 is 5.32 Å². The summed E-state index contributed by atoms with van der Waals surface area (Å²) in [5.74, 6) is 0.507. The van der Waals surface area contributed by atoms with Gasteiger partial charge in [-0.1, -0.05) is 53.7 Å². The molecule has 0 radical (unpaired) electrons. The van der Waals surface area contributed by atoms with E-state index in [1.54, 1.807) is 20.8 Å². The number of anilines is 1. The summed E-state index contributed by atoms with van der Waals surface area (Å²) in [5.41, 5.74) is 2.99. The predicted molar refractivity (Wildman–Crippen MR) is 118 cm³/mol. The molecule has 0 aliphatic carbocycles. The summed E-state index contributed by atoms with van der Waals surface area (Å²) >= 11 is 0. The van der Waals surface area contributed by atoms with Crippen LogP contribution in [0.4, 0.5) is 5.69 Å². The molecule has 0 aliphatic rings. The van der Waals surface area contributed by atoms with Gasteiger partial charge in [-0.3, -0.25) is 9.59 Å². The van der Waals surface area contributed by atoms with E-state index < -0.39 is 0 Å². The van der Waals surface area contributed by atoms with Gasteiger partial charge < -0.3 is 10.1 Å². The lowest BCUT2D eigenvalue weighted by molar-refractivity contribution is -0.121. The highest BCUT2D eigenvalue weighted by Crippen LogP contribution is 2.20. The zero-order valence-electron chi connectivity index (χ0n) is 19.2. The Balaban J connectivity index is -0.000000369. The van der Waals surface area contributed by atoms with Crippen LogP contribution in [0.1, 0.15) is 91.1 Å². The van der Waals surface area contributed by atoms with Gasteiger partial charge in [-0.25, -0.2) is 0 Å². The first-order chi connectivity index (χ1) is 12.7. The normalized spacial score (nSPS) is 9.85. The number of Topliss-reactive ketones (excluding diaryl/α,β-unsaturated/α-hetero) is 3. The molecule has 4 nitrogen and oxygen atoms in total. The number of carbonyl (C=O) groups excluding carboxylic acids is 3. The highest BCUT2D eigenvalue weighted by atomic mass is 16.1. The van der Waals surface area contributed by atoms with Crippen molar-refractivity contribution in [1.29, 1.82) is 0 Å². The van der Waals surface area contributed by atoms with Crippen molar-refractivity contribution < 1.29 is 14.4 Å². The molecule has 1 atom stereocenters. The van der Waals surface area contributed by atoms with Crippen molar-refractivity contribution in [3.63, 3.8) is 0 Å². The molecular formula is C23H41NO3. The Labute approximate surface area is 167 Å². The Morgan fingerprint density at radius 2 is 1.52 bits per heavy atom.